The highest BCUT2D eigenvalue weighted by Crippen LogP contribution is 2.25. The van der Waals surface area contributed by atoms with Gasteiger partial charge in [0.25, 0.3) is 0 Å². The number of carbonyl (C=O) groups excluding carboxylic acids is 1. The molecule has 17 heavy (non-hydrogen) atoms. The summed E-state index contributed by atoms with van der Waals surface area (Å²) in [5, 5.41) is 0. The Balaban J connectivity index is 1.88. The lowest BCUT2D eigenvalue weighted by Crippen LogP contribution is -2.41. The van der Waals surface area contributed by atoms with E-state index in [0.29, 0.717) is 5.92 Å². The minimum atomic E-state index is -0.0602. The van der Waals surface area contributed by atoms with Gasteiger partial charge in [-0.05, 0) is 18.9 Å². The van der Waals surface area contributed by atoms with Crippen molar-refractivity contribution in [2.75, 3.05) is 20.2 Å². The molecule has 0 saturated carbocycles. The number of nitrogens with zero attached hydrogens (tertiary/aromatic N) is 2. The molecule has 0 N–H and O–H groups in total. The van der Waals surface area contributed by atoms with Crippen LogP contribution in [0.5, 0.6) is 0 Å². The number of likely N-dealkylation sites (tertiary alicyclic amines) is 1. The van der Waals surface area contributed by atoms with E-state index < -0.39 is 0 Å². The van der Waals surface area contributed by atoms with Crippen molar-refractivity contribution in [1.82, 2.24) is 9.88 Å². The van der Waals surface area contributed by atoms with Crippen molar-refractivity contribution < 1.29 is 9.53 Å². The number of aromatic nitrogens is 1. The molecule has 0 spiro atoms. The van der Waals surface area contributed by atoms with Gasteiger partial charge in [-0.25, -0.2) is 0 Å². The molecule has 1 aromatic rings. The lowest BCUT2D eigenvalue weighted by atomic mass is 9.87. The molecule has 1 aliphatic rings. The van der Waals surface area contributed by atoms with Crippen molar-refractivity contribution in [1.29, 1.82) is 0 Å². The molecule has 0 radical (unpaired) electrons. The predicted molar refractivity (Wildman–Crippen MR) is 66.7 cm³/mol. The van der Waals surface area contributed by atoms with Crippen LogP contribution in [0.3, 0.4) is 0 Å². The molecule has 1 fully saturated rings. The third-order valence-corrected chi connectivity index (χ3v) is 4.12. The molecular formula is C12H18N2O2S. The van der Waals surface area contributed by atoms with Crippen molar-refractivity contribution in [3.05, 3.63) is 16.6 Å². The summed E-state index contributed by atoms with van der Waals surface area (Å²) in [7, 11) is 1.47. The summed E-state index contributed by atoms with van der Waals surface area (Å²) in [4.78, 5) is 19.3. The van der Waals surface area contributed by atoms with Gasteiger partial charge in [-0.1, -0.05) is 6.92 Å². The summed E-state index contributed by atoms with van der Waals surface area (Å²) in [5.74, 6) is 0.372. The number of piperidine rings is 1. The lowest BCUT2D eigenvalue weighted by Gasteiger charge is -2.35. The Morgan fingerprint density at radius 1 is 1.71 bits per heavy atom. The Kier molecular flexibility index (Phi) is 4.12. The van der Waals surface area contributed by atoms with Crippen molar-refractivity contribution >= 4 is 17.3 Å². The molecule has 2 heterocycles. The highest BCUT2D eigenvalue weighted by atomic mass is 32.1. The number of hydrogen-bond acceptors (Lipinski definition) is 5. The van der Waals surface area contributed by atoms with E-state index in [1.807, 2.05) is 11.7 Å². The Morgan fingerprint density at radius 3 is 3.12 bits per heavy atom. The monoisotopic (exact) mass is 254 g/mol. The van der Waals surface area contributed by atoms with Crippen molar-refractivity contribution in [2.24, 2.45) is 11.8 Å². The second-order valence-electron chi connectivity index (χ2n) is 4.60. The molecule has 1 saturated heterocycles. The van der Waals surface area contributed by atoms with Gasteiger partial charge in [0, 0.05) is 24.2 Å². The molecule has 2 unspecified atom stereocenters. The van der Waals surface area contributed by atoms with Crippen LogP contribution in [-0.4, -0.2) is 36.1 Å². The quantitative estimate of drug-likeness (QED) is 0.771. The second-order valence-corrected chi connectivity index (χ2v) is 5.57. The first-order valence-electron chi connectivity index (χ1n) is 5.88. The van der Waals surface area contributed by atoms with Gasteiger partial charge >= 0.3 is 5.97 Å². The summed E-state index contributed by atoms with van der Waals surface area (Å²) < 4.78 is 4.84. The minimum Gasteiger partial charge on any atom is -0.469 e. The third-order valence-electron chi connectivity index (χ3n) is 3.36. The fourth-order valence-corrected chi connectivity index (χ4v) is 3.05. The van der Waals surface area contributed by atoms with Crippen LogP contribution in [-0.2, 0) is 16.1 Å². The first kappa shape index (κ1) is 12.5. The summed E-state index contributed by atoms with van der Waals surface area (Å²) in [6.45, 7) is 4.99. The summed E-state index contributed by atoms with van der Waals surface area (Å²) in [6, 6.07) is 0. The van der Waals surface area contributed by atoms with E-state index in [9.17, 15) is 4.79 Å². The Morgan fingerprint density at radius 2 is 2.53 bits per heavy atom. The van der Waals surface area contributed by atoms with E-state index in [1.54, 1.807) is 11.3 Å². The molecular weight excluding hydrogens is 236 g/mol. The Bertz CT molecular complexity index is 367. The average molecular weight is 254 g/mol. The van der Waals surface area contributed by atoms with E-state index >= 15 is 0 Å². The van der Waals surface area contributed by atoms with Crippen LogP contribution in [0.25, 0.3) is 0 Å². The minimum absolute atomic E-state index is 0.0602. The molecule has 0 aliphatic carbocycles. The maximum atomic E-state index is 11.6. The molecule has 0 aromatic carbocycles. The summed E-state index contributed by atoms with van der Waals surface area (Å²) in [5.41, 5.74) is 1.86. The number of hydrogen-bond donors (Lipinski definition) is 0. The van der Waals surface area contributed by atoms with Crippen molar-refractivity contribution in [3.8, 4) is 0 Å². The van der Waals surface area contributed by atoms with Crippen LogP contribution in [0.15, 0.2) is 11.7 Å². The van der Waals surface area contributed by atoms with E-state index in [-0.39, 0.29) is 11.9 Å². The fourth-order valence-electron chi connectivity index (χ4n) is 2.42. The largest absolute Gasteiger partial charge is 0.469 e. The summed E-state index contributed by atoms with van der Waals surface area (Å²) >= 11 is 1.68. The molecule has 1 aliphatic heterocycles. The van der Waals surface area contributed by atoms with Gasteiger partial charge in [-0.2, -0.15) is 0 Å². The molecule has 94 valence electrons. The molecule has 5 heteroatoms. The van der Waals surface area contributed by atoms with Crippen LogP contribution in [0.4, 0.5) is 0 Å². The van der Waals surface area contributed by atoms with E-state index in [2.05, 4.69) is 16.8 Å². The van der Waals surface area contributed by atoms with E-state index in [0.717, 1.165) is 26.1 Å². The van der Waals surface area contributed by atoms with Crippen LogP contribution in [0, 0.1) is 11.8 Å². The highest BCUT2D eigenvalue weighted by molar-refractivity contribution is 7.09. The fraction of sp³-hybridized carbons (Fsp3) is 0.667. The number of methoxy groups -OCH3 is 1. The van der Waals surface area contributed by atoms with Gasteiger partial charge in [0.1, 0.15) is 0 Å². The van der Waals surface area contributed by atoms with Crippen molar-refractivity contribution in [2.45, 2.75) is 19.9 Å². The van der Waals surface area contributed by atoms with Crippen LogP contribution in [0.1, 0.15) is 18.2 Å². The molecule has 2 rings (SSSR count). The van der Waals surface area contributed by atoms with Crippen LogP contribution in [0.2, 0.25) is 0 Å². The zero-order chi connectivity index (χ0) is 12.3. The first-order chi connectivity index (χ1) is 8.20. The maximum Gasteiger partial charge on any atom is 0.309 e. The van der Waals surface area contributed by atoms with Gasteiger partial charge in [-0.3, -0.25) is 14.7 Å². The first-order valence-corrected chi connectivity index (χ1v) is 6.76. The maximum absolute atomic E-state index is 11.6. The van der Waals surface area contributed by atoms with Gasteiger partial charge in [0.05, 0.1) is 18.5 Å². The molecule has 4 nitrogen and oxygen atoms in total. The number of rotatable bonds is 3. The second kappa shape index (κ2) is 5.60. The van der Waals surface area contributed by atoms with E-state index in [4.69, 9.17) is 4.74 Å². The normalized spacial score (nSPS) is 25.8. The third kappa shape index (κ3) is 3.04. The zero-order valence-electron chi connectivity index (χ0n) is 10.3. The molecule has 1 aromatic heterocycles. The topological polar surface area (TPSA) is 42.4 Å². The van der Waals surface area contributed by atoms with Crippen LogP contribution < -0.4 is 0 Å². The smallest absolute Gasteiger partial charge is 0.309 e. The zero-order valence-corrected chi connectivity index (χ0v) is 11.1. The van der Waals surface area contributed by atoms with Gasteiger partial charge in [0.2, 0.25) is 0 Å². The van der Waals surface area contributed by atoms with Gasteiger partial charge in [-0.15, -0.1) is 11.3 Å². The van der Waals surface area contributed by atoms with Crippen LogP contribution >= 0.6 is 11.3 Å². The number of ether oxygens (including phenoxy) is 1. The number of thiazole rings is 1. The number of carbonyl (C=O) groups is 1. The van der Waals surface area contributed by atoms with Gasteiger partial charge in [0.15, 0.2) is 0 Å². The van der Waals surface area contributed by atoms with Crippen molar-refractivity contribution in [3.63, 3.8) is 0 Å². The molecule has 0 bridgehead atoms. The summed E-state index contributed by atoms with van der Waals surface area (Å²) in [6.07, 6.45) is 2.81. The SMILES string of the molecule is COC(=O)C1CCN(Cc2cncs2)CC1C. The Labute approximate surface area is 106 Å². The predicted octanol–water partition coefficient (Wildman–Crippen LogP) is 1.77. The standard InChI is InChI=1S/C12H18N2O2S/c1-9-6-14(7-10-5-13-8-17-10)4-3-11(9)12(15)16-2/h5,8-9,11H,3-4,6-7H2,1-2H3. The highest BCUT2D eigenvalue weighted by Gasteiger charge is 2.31. The molecule has 2 atom stereocenters. The molecule has 0 amide bonds. The Hall–Kier alpha value is -0.940. The average Bonchev–Trinajstić information content (AvgIpc) is 2.81. The number of esters is 1. The van der Waals surface area contributed by atoms with Gasteiger partial charge < -0.3 is 4.74 Å². The lowest BCUT2D eigenvalue weighted by molar-refractivity contribution is -0.149. The van der Waals surface area contributed by atoms with E-state index in [1.165, 1.54) is 12.0 Å².